The molecule has 1 saturated carbocycles. The number of aromatic nitrogens is 1. The highest BCUT2D eigenvalue weighted by Crippen LogP contribution is 2.28. The maximum atomic E-state index is 13.4. The fourth-order valence-electron chi connectivity index (χ4n) is 2.71. The van der Waals surface area contributed by atoms with Crippen LogP contribution in [0.2, 0.25) is 0 Å². The molecular weight excluding hydrogens is 365 g/mol. The minimum absolute atomic E-state index is 0.0871. The van der Waals surface area contributed by atoms with Crippen molar-refractivity contribution in [2.24, 2.45) is 11.8 Å². The topological polar surface area (TPSA) is 71.1 Å². The molecule has 0 unspecified atom stereocenters. The zero-order valence-electron chi connectivity index (χ0n) is 15.7. The lowest BCUT2D eigenvalue weighted by atomic mass is 10.0. The summed E-state index contributed by atoms with van der Waals surface area (Å²) < 4.78 is 13.4. The summed E-state index contributed by atoms with van der Waals surface area (Å²) in [6, 6.07) is 3.96. The lowest BCUT2D eigenvalue weighted by Crippen LogP contribution is -2.32. The van der Waals surface area contributed by atoms with Crippen molar-refractivity contribution in [3.63, 3.8) is 0 Å². The predicted octanol–water partition coefficient (Wildman–Crippen LogP) is 3.86. The number of hydrogen-bond donors (Lipinski definition) is 2. The molecule has 2 amide bonds. The summed E-state index contributed by atoms with van der Waals surface area (Å²) in [5, 5.41) is 8.28. The lowest BCUT2D eigenvalue weighted by molar-refractivity contribution is 0.0925. The van der Waals surface area contributed by atoms with E-state index in [2.05, 4.69) is 15.6 Å². The van der Waals surface area contributed by atoms with E-state index in [1.54, 1.807) is 12.3 Å². The number of aryl methyl sites for hydroxylation is 1. The standard InChI is InChI=1S/C20H24FN3O2S/c1-11(2)17(24-18(25)14-6-7-15(21)12(3)8-14)20-23-16(10-27-20)19(26)22-9-13-4-5-13/h6-8,10-11,13,17H,4-5,9H2,1-3H3,(H,22,26)(H,24,25)/t17-/m0/s1. The van der Waals surface area contributed by atoms with Gasteiger partial charge in [-0.05, 0) is 55.4 Å². The van der Waals surface area contributed by atoms with E-state index in [-0.39, 0.29) is 29.6 Å². The minimum atomic E-state index is -0.339. The van der Waals surface area contributed by atoms with E-state index in [0.29, 0.717) is 34.3 Å². The third-order valence-electron chi connectivity index (χ3n) is 4.64. The maximum absolute atomic E-state index is 13.4. The molecule has 0 bridgehead atoms. The van der Waals surface area contributed by atoms with Gasteiger partial charge < -0.3 is 10.6 Å². The number of carbonyl (C=O) groups is 2. The van der Waals surface area contributed by atoms with Gasteiger partial charge >= 0.3 is 0 Å². The minimum Gasteiger partial charge on any atom is -0.350 e. The molecule has 1 aromatic carbocycles. The Balaban J connectivity index is 1.70. The number of nitrogens with zero attached hydrogens (tertiary/aromatic N) is 1. The maximum Gasteiger partial charge on any atom is 0.270 e. The van der Waals surface area contributed by atoms with Crippen LogP contribution >= 0.6 is 11.3 Å². The van der Waals surface area contributed by atoms with Crippen LogP contribution in [0, 0.1) is 24.6 Å². The zero-order valence-corrected chi connectivity index (χ0v) is 16.5. The molecule has 1 aliphatic carbocycles. The number of thiazole rings is 1. The van der Waals surface area contributed by atoms with Gasteiger partial charge in [-0.1, -0.05) is 13.8 Å². The summed E-state index contributed by atoms with van der Waals surface area (Å²) in [6.45, 7) is 6.28. The van der Waals surface area contributed by atoms with Gasteiger partial charge in [0.05, 0.1) is 6.04 Å². The van der Waals surface area contributed by atoms with Crippen LogP contribution in [0.1, 0.15) is 64.1 Å². The molecule has 0 spiro atoms. The van der Waals surface area contributed by atoms with E-state index in [0.717, 1.165) is 0 Å². The average Bonchev–Trinajstić information content (AvgIpc) is 3.34. The van der Waals surface area contributed by atoms with Gasteiger partial charge in [-0.15, -0.1) is 11.3 Å². The highest BCUT2D eigenvalue weighted by Gasteiger charge is 2.25. The second-order valence-electron chi connectivity index (χ2n) is 7.38. The van der Waals surface area contributed by atoms with Gasteiger partial charge in [0.25, 0.3) is 11.8 Å². The zero-order chi connectivity index (χ0) is 19.6. The molecular formula is C20H24FN3O2S. The molecule has 0 radical (unpaired) electrons. The van der Waals surface area contributed by atoms with Crippen LogP contribution < -0.4 is 10.6 Å². The third-order valence-corrected chi connectivity index (χ3v) is 5.57. The summed E-state index contributed by atoms with van der Waals surface area (Å²) in [5.41, 5.74) is 1.21. The Labute approximate surface area is 162 Å². The molecule has 5 nitrogen and oxygen atoms in total. The first-order valence-corrected chi connectivity index (χ1v) is 10.0. The number of hydrogen-bond acceptors (Lipinski definition) is 4. The molecule has 1 heterocycles. The smallest absolute Gasteiger partial charge is 0.270 e. The van der Waals surface area contributed by atoms with Crippen molar-refractivity contribution in [1.82, 2.24) is 15.6 Å². The van der Waals surface area contributed by atoms with Gasteiger partial charge in [0.1, 0.15) is 16.5 Å². The van der Waals surface area contributed by atoms with Crippen molar-refractivity contribution >= 4 is 23.2 Å². The van der Waals surface area contributed by atoms with Crippen LogP contribution in [-0.4, -0.2) is 23.3 Å². The molecule has 144 valence electrons. The number of halogens is 1. The second kappa shape index (κ2) is 8.17. The molecule has 2 N–H and O–H groups in total. The average molecular weight is 389 g/mol. The fourth-order valence-corrected chi connectivity index (χ4v) is 3.73. The Kier molecular flexibility index (Phi) is 5.89. The first-order valence-electron chi connectivity index (χ1n) is 9.15. The quantitative estimate of drug-likeness (QED) is 0.755. The largest absolute Gasteiger partial charge is 0.350 e. The SMILES string of the molecule is Cc1cc(C(=O)N[C@H](c2nc(C(=O)NCC3CC3)cs2)C(C)C)ccc1F. The Morgan fingerprint density at radius 1 is 1.30 bits per heavy atom. The van der Waals surface area contributed by atoms with Crippen LogP contribution in [0.5, 0.6) is 0 Å². The van der Waals surface area contributed by atoms with Gasteiger partial charge in [0, 0.05) is 17.5 Å². The molecule has 1 fully saturated rings. The number of amides is 2. The summed E-state index contributed by atoms with van der Waals surface area (Å²) in [4.78, 5) is 29.2. The number of carbonyl (C=O) groups excluding carboxylic acids is 2. The van der Waals surface area contributed by atoms with Gasteiger partial charge in [-0.2, -0.15) is 0 Å². The monoisotopic (exact) mass is 389 g/mol. The highest BCUT2D eigenvalue weighted by molar-refractivity contribution is 7.09. The molecule has 1 aliphatic rings. The normalized spacial score (nSPS) is 14.9. The van der Waals surface area contributed by atoms with Crippen LogP contribution in [0.15, 0.2) is 23.6 Å². The van der Waals surface area contributed by atoms with Crippen molar-refractivity contribution < 1.29 is 14.0 Å². The summed E-state index contributed by atoms with van der Waals surface area (Å²) >= 11 is 1.36. The van der Waals surface area contributed by atoms with Crippen LogP contribution in [0.25, 0.3) is 0 Å². The molecule has 27 heavy (non-hydrogen) atoms. The summed E-state index contributed by atoms with van der Waals surface area (Å²) in [5.74, 6) is -0.106. The Hall–Kier alpha value is -2.28. The Morgan fingerprint density at radius 2 is 2.04 bits per heavy atom. The summed E-state index contributed by atoms with van der Waals surface area (Å²) in [7, 11) is 0. The summed E-state index contributed by atoms with van der Waals surface area (Å²) in [6.07, 6.45) is 2.35. The molecule has 1 atom stereocenters. The van der Waals surface area contributed by atoms with E-state index in [1.165, 1.54) is 42.4 Å². The van der Waals surface area contributed by atoms with Crippen molar-refractivity contribution in [3.8, 4) is 0 Å². The molecule has 1 aromatic heterocycles. The van der Waals surface area contributed by atoms with Crippen molar-refractivity contribution in [2.75, 3.05) is 6.54 Å². The fraction of sp³-hybridized carbons (Fsp3) is 0.450. The third kappa shape index (κ3) is 4.91. The highest BCUT2D eigenvalue weighted by atomic mass is 32.1. The van der Waals surface area contributed by atoms with E-state index in [1.807, 2.05) is 13.8 Å². The van der Waals surface area contributed by atoms with Crippen LogP contribution in [0.4, 0.5) is 4.39 Å². The molecule has 3 rings (SSSR count). The van der Waals surface area contributed by atoms with Gasteiger partial charge in [-0.25, -0.2) is 9.37 Å². The molecule has 2 aromatic rings. The Morgan fingerprint density at radius 3 is 2.67 bits per heavy atom. The van der Waals surface area contributed by atoms with E-state index in [4.69, 9.17) is 0 Å². The van der Waals surface area contributed by atoms with Gasteiger partial charge in [-0.3, -0.25) is 9.59 Å². The first kappa shape index (κ1) is 19.5. The molecule has 0 saturated heterocycles. The number of nitrogens with one attached hydrogen (secondary N) is 2. The predicted molar refractivity (Wildman–Crippen MR) is 103 cm³/mol. The van der Waals surface area contributed by atoms with Crippen LogP contribution in [-0.2, 0) is 0 Å². The van der Waals surface area contributed by atoms with Gasteiger partial charge in [0.2, 0.25) is 0 Å². The van der Waals surface area contributed by atoms with E-state index < -0.39 is 0 Å². The van der Waals surface area contributed by atoms with Crippen molar-refractivity contribution in [2.45, 2.75) is 39.7 Å². The molecule has 7 heteroatoms. The van der Waals surface area contributed by atoms with E-state index in [9.17, 15) is 14.0 Å². The Bertz CT molecular complexity index is 846. The van der Waals surface area contributed by atoms with E-state index >= 15 is 0 Å². The van der Waals surface area contributed by atoms with Crippen molar-refractivity contribution in [1.29, 1.82) is 0 Å². The number of benzene rings is 1. The second-order valence-corrected chi connectivity index (χ2v) is 8.27. The van der Waals surface area contributed by atoms with Crippen molar-refractivity contribution in [3.05, 3.63) is 51.2 Å². The van der Waals surface area contributed by atoms with Gasteiger partial charge in [0.15, 0.2) is 0 Å². The first-order chi connectivity index (χ1) is 12.8. The molecule has 0 aliphatic heterocycles. The lowest BCUT2D eigenvalue weighted by Gasteiger charge is -2.20. The van der Waals surface area contributed by atoms with Crippen LogP contribution in [0.3, 0.4) is 0 Å². The number of rotatable bonds is 7.